The van der Waals surface area contributed by atoms with Crippen LogP contribution in [-0.4, -0.2) is 35.4 Å². The fourth-order valence-corrected chi connectivity index (χ4v) is 5.95. The molecule has 3 aliphatic rings. The van der Waals surface area contributed by atoms with E-state index >= 15 is 0 Å². The van der Waals surface area contributed by atoms with Gasteiger partial charge in [-0.1, -0.05) is 24.3 Å². The number of hydrogen-bond acceptors (Lipinski definition) is 2. The Hall–Kier alpha value is -3.18. The third kappa shape index (κ3) is 3.98. The van der Waals surface area contributed by atoms with Gasteiger partial charge in [0, 0.05) is 22.6 Å². The minimum atomic E-state index is -0.282. The molecule has 3 heterocycles. The molecule has 1 unspecified atom stereocenters. The zero-order valence-corrected chi connectivity index (χ0v) is 19.4. The lowest BCUT2D eigenvalue weighted by molar-refractivity contribution is -0.110. The summed E-state index contributed by atoms with van der Waals surface area (Å²) in [5.41, 5.74) is 7.60. The normalized spacial score (nSPS) is 21.0. The number of nitrogens with zero attached hydrogens (tertiary/aromatic N) is 1. The quantitative estimate of drug-likeness (QED) is 0.449. The molecule has 1 aromatic heterocycles. The second-order valence-corrected chi connectivity index (χ2v) is 9.84. The van der Waals surface area contributed by atoms with E-state index in [0.29, 0.717) is 11.5 Å². The van der Waals surface area contributed by atoms with Gasteiger partial charge in [-0.25, -0.2) is 4.39 Å². The number of likely N-dealkylation sites (tertiary alicyclic amines) is 1. The molecule has 0 bridgehead atoms. The van der Waals surface area contributed by atoms with Crippen LogP contribution in [0, 0.1) is 5.82 Å². The SMILES string of the molecule is O=C1Nc2cccc(-c3cccc(F)c3)c2/C1=C\c1cc2c([nH]1)CCCC2CCN1CCCC1. The van der Waals surface area contributed by atoms with Crippen molar-refractivity contribution in [2.75, 3.05) is 25.0 Å². The zero-order valence-electron chi connectivity index (χ0n) is 19.4. The number of anilines is 1. The van der Waals surface area contributed by atoms with E-state index in [2.05, 4.69) is 21.3 Å². The number of nitrogens with one attached hydrogen (secondary N) is 2. The number of halogens is 1. The summed E-state index contributed by atoms with van der Waals surface area (Å²) in [5.74, 6) is 0.187. The number of hydrogen-bond donors (Lipinski definition) is 2. The Labute approximate surface area is 199 Å². The predicted molar refractivity (Wildman–Crippen MR) is 135 cm³/mol. The number of benzene rings is 2. The Bertz CT molecular complexity index is 1270. The molecule has 1 fully saturated rings. The first kappa shape index (κ1) is 21.4. The van der Waals surface area contributed by atoms with Crippen LogP contribution in [0.25, 0.3) is 22.8 Å². The van der Waals surface area contributed by atoms with Crippen LogP contribution in [0.4, 0.5) is 10.1 Å². The van der Waals surface area contributed by atoms with Gasteiger partial charge in [-0.3, -0.25) is 4.79 Å². The van der Waals surface area contributed by atoms with E-state index in [9.17, 15) is 9.18 Å². The highest BCUT2D eigenvalue weighted by Gasteiger charge is 2.29. The number of aromatic nitrogens is 1. The van der Waals surface area contributed by atoms with Gasteiger partial charge in [-0.15, -0.1) is 0 Å². The molecule has 3 aromatic rings. The van der Waals surface area contributed by atoms with E-state index < -0.39 is 0 Å². The summed E-state index contributed by atoms with van der Waals surface area (Å²) < 4.78 is 13.9. The van der Waals surface area contributed by atoms with Crippen molar-refractivity contribution in [3.05, 3.63) is 76.9 Å². The van der Waals surface area contributed by atoms with Crippen LogP contribution in [0.2, 0.25) is 0 Å². The first-order valence-corrected chi connectivity index (χ1v) is 12.5. The maximum Gasteiger partial charge on any atom is 0.256 e. The lowest BCUT2D eigenvalue weighted by Crippen LogP contribution is -2.23. The standard InChI is InChI=1S/C29H30FN3O/c30-21-8-3-7-20(16-21)23-9-5-11-27-28(23)25(29(34)32-27)18-22-17-24-19(6-4-10-26(24)31-22)12-15-33-13-1-2-14-33/h3,5,7-9,11,16-19,31H,1-2,4,6,10,12-15H2,(H,32,34)/b25-18+. The summed E-state index contributed by atoms with van der Waals surface area (Å²) in [6.45, 7) is 3.66. The van der Waals surface area contributed by atoms with Crippen LogP contribution in [0.3, 0.4) is 0 Å². The molecule has 1 aliphatic carbocycles. The van der Waals surface area contributed by atoms with Gasteiger partial charge >= 0.3 is 0 Å². The Morgan fingerprint density at radius 1 is 1.06 bits per heavy atom. The highest BCUT2D eigenvalue weighted by atomic mass is 19.1. The number of rotatable bonds is 5. The third-order valence-electron chi connectivity index (χ3n) is 7.63. The lowest BCUT2D eigenvalue weighted by atomic mass is 9.84. The average Bonchev–Trinajstić information content (AvgIpc) is 3.57. The topological polar surface area (TPSA) is 48.1 Å². The number of amides is 1. The van der Waals surface area contributed by atoms with Crippen LogP contribution >= 0.6 is 0 Å². The van der Waals surface area contributed by atoms with Crippen molar-refractivity contribution in [1.82, 2.24) is 9.88 Å². The fourth-order valence-electron chi connectivity index (χ4n) is 5.95. The van der Waals surface area contributed by atoms with Gasteiger partial charge < -0.3 is 15.2 Å². The van der Waals surface area contributed by atoms with E-state index in [0.717, 1.165) is 34.5 Å². The largest absolute Gasteiger partial charge is 0.359 e. The van der Waals surface area contributed by atoms with Crippen molar-refractivity contribution in [3.63, 3.8) is 0 Å². The second kappa shape index (κ2) is 8.88. The molecule has 1 saturated heterocycles. The molecule has 0 saturated carbocycles. The summed E-state index contributed by atoms with van der Waals surface area (Å²) in [6.07, 6.45) is 9.35. The van der Waals surface area contributed by atoms with Gasteiger partial charge in [0.05, 0.1) is 5.57 Å². The first-order valence-electron chi connectivity index (χ1n) is 12.5. The first-order chi connectivity index (χ1) is 16.7. The summed E-state index contributed by atoms with van der Waals surface area (Å²) in [5, 5.41) is 2.99. The van der Waals surface area contributed by atoms with Crippen LogP contribution < -0.4 is 5.32 Å². The maximum absolute atomic E-state index is 13.9. The van der Waals surface area contributed by atoms with Crippen molar-refractivity contribution in [2.24, 2.45) is 0 Å². The number of H-pyrrole nitrogens is 1. The zero-order chi connectivity index (χ0) is 23.1. The van der Waals surface area contributed by atoms with Crippen LogP contribution in [-0.2, 0) is 11.2 Å². The summed E-state index contributed by atoms with van der Waals surface area (Å²) in [7, 11) is 0. The van der Waals surface area contributed by atoms with Crippen LogP contribution in [0.1, 0.15) is 60.5 Å². The van der Waals surface area contributed by atoms with Crippen LogP contribution in [0.15, 0.2) is 48.5 Å². The number of carbonyl (C=O) groups is 1. The Morgan fingerprint density at radius 3 is 2.76 bits per heavy atom. The fraction of sp³-hybridized carbons (Fsp3) is 0.345. The molecule has 5 heteroatoms. The molecule has 174 valence electrons. The number of aromatic amines is 1. The van der Waals surface area contributed by atoms with Gasteiger partial charge in [0.15, 0.2) is 0 Å². The molecular formula is C29H30FN3O. The predicted octanol–water partition coefficient (Wildman–Crippen LogP) is 6.22. The highest BCUT2D eigenvalue weighted by Crippen LogP contribution is 2.41. The molecule has 1 amide bonds. The average molecular weight is 456 g/mol. The second-order valence-electron chi connectivity index (χ2n) is 9.84. The van der Waals surface area contributed by atoms with Crippen molar-refractivity contribution < 1.29 is 9.18 Å². The molecule has 34 heavy (non-hydrogen) atoms. The van der Waals surface area contributed by atoms with E-state index in [1.807, 2.05) is 30.3 Å². The van der Waals surface area contributed by atoms with Gasteiger partial charge in [-0.2, -0.15) is 0 Å². The highest BCUT2D eigenvalue weighted by molar-refractivity contribution is 6.36. The smallest absolute Gasteiger partial charge is 0.256 e. The maximum atomic E-state index is 13.9. The van der Waals surface area contributed by atoms with Crippen molar-refractivity contribution in [1.29, 1.82) is 0 Å². The van der Waals surface area contributed by atoms with Crippen molar-refractivity contribution >= 4 is 23.2 Å². The molecule has 0 spiro atoms. The van der Waals surface area contributed by atoms with Gasteiger partial charge in [0.25, 0.3) is 5.91 Å². The summed E-state index contributed by atoms with van der Waals surface area (Å²) in [6, 6.07) is 14.6. The summed E-state index contributed by atoms with van der Waals surface area (Å²) >= 11 is 0. The van der Waals surface area contributed by atoms with Gasteiger partial charge in [0.1, 0.15) is 5.82 Å². The van der Waals surface area contributed by atoms with E-state index in [1.54, 1.807) is 6.07 Å². The molecular weight excluding hydrogens is 425 g/mol. The molecule has 0 radical (unpaired) electrons. The minimum Gasteiger partial charge on any atom is -0.359 e. The third-order valence-corrected chi connectivity index (χ3v) is 7.63. The minimum absolute atomic E-state index is 0.114. The molecule has 4 nitrogen and oxygen atoms in total. The Morgan fingerprint density at radius 2 is 1.91 bits per heavy atom. The van der Waals surface area contributed by atoms with E-state index in [4.69, 9.17) is 0 Å². The Kier molecular flexibility index (Phi) is 5.58. The number of fused-ring (bicyclic) bond motifs is 2. The molecule has 2 N–H and O–H groups in total. The van der Waals surface area contributed by atoms with Gasteiger partial charge in [-0.05, 0) is 111 Å². The Balaban J connectivity index is 1.33. The molecule has 1 atom stereocenters. The summed E-state index contributed by atoms with van der Waals surface area (Å²) in [4.78, 5) is 19.2. The molecule has 2 aliphatic heterocycles. The molecule has 6 rings (SSSR count). The van der Waals surface area contributed by atoms with E-state index in [-0.39, 0.29) is 11.7 Å². The number of aryl methyl sites for hydroxylation is 1. The lowest BCUT2D eigenvalue weighted by Gasteiger charge is -2.25. The van der Waals surface area contributed by atoms with Crippen molar-refractivity contribution in [3.8, 4) is 11.1 Å². The van der Waals surface area contributed by atoms with Crippen LogP contribution in [0.5, 0.6) is 0 Å². The monoisotopic (exact) mass is 455 g/mol. The van der Waals surface area contributed by atoms with Crippen molar-refractivity contribution in [2.45, 2.75) is 44.4 Å². The van der Waals surface area contributed by atoms with Gasteiger partial charge in [0.2, 0.25) is 0 Å². The number of carbonyl (C=O) groups excluding carboxylic acids is 1. The molecule has 2 aromatic carbocycles. The van der Waals surface area contributed by atoms with E-state index in [1.165, 1.54) is 75.1 Å².